The predicted octanol–water partition coefficient (Wildman–Crippen LogP) is 3.44. The summed E-state index contributed by atoms with van der Waals surface area (Å²) in [4.78, 5) is 31.7. The van der Waals surface area contributed by atoms with Crippen molar-refractivity contribution in [3.8, 4) is 11.4 Å². The summed E-state index contributed by atoms with van der Waals surface area (Å²) >= 11 is 0. The first-order valence-corrected chi connectivity index (χ1v) is 8.26. The standard InChI is InChI=1S/C18H21N3O3/c22-16(18(17(23)24)9-3-1-2-4-10-18)21-14-7-5-13(6-8-14)15-19-11-12-20-15/h5-8,11-12H,1-4,9-10H2,(H,19,20)(H,21,22)(H,23,24). The minimum atomic E-state index is -1.31. The Morgan fingerprint density at radius 3 is 2.29 bits per heavy atom. The molecular formula is C18H21N3O3. The molecule has 1 aliphatic rings. The molecule has 0 atom stereocenters. The van der Waals surface area contributed by atoms with E-state index in [1.54, 1.807) is 24.5 Å². The molecule has 24 heavy (non-hydrogen) atoms. The molecule has 1 heterocycles. The van der Waals surface area contributed by atoms with Gasteiger partial charge in [0.1, 0.15) is 11.2 Å². The number of nitrogens with zero attached hydrogens (tertiary/aromatic N) is 1. The van der Waals surface area contributed by atoms with Crippen molar-refractivity contribution in [2.45, 2.75) is 38.5 Å². The number of hydrogen-bond donors (Lipinski definition) is 3. The third-order valence-electron chi connectivity index (χ3n) is 4.72. The smallest absolute Gasteiger partial charge is 0.319 e. The van der Waals surface area contributed by atoms with E-state index < -0.39 is 17.3 Å². The minimum Gasteiger partial charge on any atom is -0.480 e. The zero-order chi connectivity index (χ0) is 17.0. The van der Waals surface area contributed by atoms with E-state index in [1.807, 2.05) is 12.1 Å². The van der Waals surface area contributed by atoms with Gasteiger partial charge in [0.05, 0.1) is 0 Å². The van der Waals surface area contributed by atoms with Gasteiger partial charge >= 0.3 is 5.97 Å². The molecule has 1 aliphatic carbocycles. The molecule has 0 spiro atoms. The number of aromatic nitrogens is 2. The highest BCUT2D eigenvalue weighted by atomic mass is 16.4. The topological polar surface area (TPSA) is 95.1 Å². The maximum Gasteiger partial charge on any atom is 0.319 e. The number of aliphatic carboxylic acids is 1. The zero-order valence-electron chi connectivity index (χ0n) is 13.4. The van der Waals surface area contributed by atoms with Crippen molar-refractivity contribution in [3.63, 3.8) is 0 Å². The van der Waals surface area contributed by atoms with Crippen LogP contribution in [0.5, 0.6) is 0 Å². The molecule has 3 rings (SSSR count). The maximum atomic E-state index is 12.7. The van der Waals surface area contributed by atoms with Gasteiger partial charge in [0.25, 0.3) is 0 Å². The fraction of sp³-hybridized carbons (Fsp3) is 0.389. The van der Waals surface area contributed by atoms with Crippen LogP contribution < -0.4 is 5.32 Å². The van der Waals surface area contributed by atoms with Crippen molar-refractivity contribution in [2.75, 3.05) is 5.32 Å². The fourth-order valence-electron chi connectivity index (χ4n) is 3.26. The summed E-state index contributed by atoms with van der Waals surface area (Å²) < 4.78 is 0. The molecule has 1 saturated carbocycles. The Hall–Kier alpha value is -2.63. The highest BCUT2D eigenvalue weighted by Gasteiger charge is 2.45. The Morgan fingerprint density at radius 2 is 1.75 bits per heavy atom. The fourth-order valence-corrected chi connectivity index (χ4v) is 3.26. The van der Waals surface area contributed by atoms with Crippen LogP contribution >= 0.6 is 0 Å². The van der Waals surface area contributed by atoms with Crippen LogP contribution in [0.2, 0.25) is 0 Å². The lowest BCUT2D eigenvalue weighted by Crippen LogP contribution is -2.42. The van der Waals surface area contributed by atoms with Gasteiger partial charge in [-0.3, -0.25) is 9.59 Å². The summed E-state index contributed by atoms with van der Waals surface area (Å²) in [6.07, 6.45) is 7.74. The quantitative estimate of drug-likeness (QED) is 0.592. The molecule has 1 aromatic carbocycles. The van der Waals surface area contributed by atoms with Crippen molar-refractivity contribution in [1.82, 2.24) is 9.97 Å². The van der Waals surface area contributed by atoms with Gasteiger partial charge < -0.3 is 15.4 Å². The van der Waals surface area contributed by atoms with E-state index in [9.17, 15) is 14.7 Å². The van der Waals surface area contributed by atoms with Crippen LogP contribution in [0.4, 0.5) is 5.69 Å². The first-order valence-electron chi connectivity index (χ1n) is 8.26. The highest BCUT2D eigenvalue weighted by Crippen LogP contribution is 2.36. The Morgan fingerprint density at radius 1 is 1.08 bits per heavy atom. The summed E-state index contributed by atoms with van der Waals surface area (Å²) in [5.41, 5.74) is 0.191. The Balaban J connectivity index is 1.76. The lowest BCUT2D eigenvalue weighted by atomic mass is 9.79. The van der Waals surface area contributed by atoms with Gasteiger partial charge in [-0.2, -0.15) is 0 Å². The van der Waals surface area contributed by atoms with Gasteiger partial charge in [-0.1, -0.05) is 25.7 Å². The molecule has 0 aliphatic heterocycles. The summed E-state index contributed by atoms with van der Waals surface area (Å²) in [7, 11) is 0. The van der Waals surface area contributed by atoms with Crippen LogP contribution in [0.25, 0.3) is 11.4 Å². The molecule has 6 nitrogen and oxygen atoms in total. The number of rotatable bonds is 4. The lowest BCUT2D eigenvalue weighted by Gasteiger charge is -2.26. The molecule has 2 aromatic rings. The number of amides is 1. The molecule has 0 bridgehead atoms. The molecule has 1 amide bonds. The maximum absolute atomic E-state index is 12.7. The van der Waals surface area contributed by atoms with Crippen molar-refractivity contribution < 1.29 is 14.7 Å². The van der Waals surface area contributed by atoms with Crippen LogP contribution in [0.3, 0.4) is 0 Å². The Labute approximate surface area is 140 Å². The van der Waals surface area contributed by atoms with E-state index in [0.29, 0.717) is 18.5 Å². The average Bonchev–Trinajstić information content (AvgIpc) is 2.99. The van der Waals surface area contributed by atoms with Crippen molar-refractivity contribution in [1.29, 1.82) is 0 Å². The predicted molar refractivity (Wildman–Crippen MR) is 90.4 cm³/mol. The van der Waals surface area contributed by atoms with E-state index in [0.717, 1.165) is 37.1 Å². The van der Waals surface area contributed by atoms with Gasteiger partial charge in [-0.05, 0) is 37.1 Å². The van der Waals surface area contributed by atoms with Crippen LogP contribution in [0.1, 0.15) is 38.5 Å². The molecule has 0 unspecified atom stereocenters. The number of H-pyrrole nitrogens is 1. The van der Waals surface area contributed by atoms with Gasteiger partial charge in [-0.15, -0.1) is 0 Å². The minimum absolute atomic E-state index is 0.401. The second kappa shape index (κ2) is 6.86. The molecule has 0 saturated heterocycles. The molecule has 1 aromatic heterocycles. The van der Waals surface area contributed by atoms with Crippen LogP contribution in [0, 0.1) is 5.41 Å². The number of benzene rings is 1. The largest absolute Gasteiger partial charge is 0.480 e. The summed E-state index contributed by atoms with van der Waals surface area (Å²) in [6, 6.07) is 7.22. The van der Waals surface area contributed by atoms with Crippen molar-refractivity contribution in [3.05, 3.63) is 36.7 Å². The number of carboxylic acid groups (broad SMARTS) is 1. The van der Waals surface area contributed by atoms with E-state index in [4.69, 9.17) is 0 Å². The number of carbonyl (C=O) groups excluding carboxylic acids is 1. The molecule has 1 fully saturated rings. The highest BCUT2D eigenvalue weighted by molar-refractivity contribution is 6.08. The molecular weight excluding hydrogens is 306 g/mol. The number of carbonyl (C=O) groups is 2. The second-order valence-electron chi connectivity index (χ2n) is 6.27. The third-order valence-corrected chi connectivity index (χ3v) is 4.72. The number of anilines is 1. The van der Waals surface area contributed by atoms with Gasteiger partial charge in [0.2, 0.25) is 5.91 Å². The summed E-state index contributed by atoms with van der Waals surface area (Å²) in [6.45, 7) is 0. The first kappa shape index (κ1) is 16.2. The van der Waals surface area contributed by atoms with Gasteiger partial charge in [-0.25, -0.2) is 4.98 Å². The normalized spacial score (nSPS) is 17.0. The second-order valence-corrected chi connectivity index (χ2v) is 6.27. The molecule has 6 heteroatoms. The number of imidazole rings is 1. The third kappa shape index (κ3) is 3.18. The number of nitrogens with one attached hydrogen (secondary N) is 2. The van der Waals surface area contributed by atoms with Crippen LogP contribution in [0.15, 0.2) is 36.7 Å². The molecule has 3 N–H and O–H groups in total. The van der Waals surface area contributed by atoms with Crippen LogP contribution in [-0.4, -0.2) is 27.0 Å². The average molecular weight is 327 g/mol. The molecule has 0 radical (unpaired) electrons. The SMILES string of the molecule is O=C(O)C1(C(=O)Nc2ccc(-c3ncc[nH]3)cc2)CCCCCC1. The lowest BCUT2D eigenvalue weighted by molar-refractivity contribution is -0.155. The number of carboxylic acids is 1. The van der Waals surface area contributed by atoms with E-state index in [1.165, 1.54) is 0 Å². The number of hydrogen-bond acceptors (Lipinski definition) is 3. The molecule has 126 valence electrons. The van der Waals surface area contributed by atoms with Crippen molar-refractivity contribution in [2.24, 2.45) is 5.41 Å². The number of aromatic amines is 1. The first-order chi connectivity index (χ1) is 11.6. The van der Waals surface area contributed by atoms with Gasteiger partial charge in [0, 0.05) is 23.6 Å². The van der Waals surface area contributed by atoms with E-state index in [2.05, 4.69) is 15.3 Å². The van der Waals surface area contributed by atoms with Crippen molar-refractivity contribution >= 4 is 17.6 Å². The van der Waals surface area contributed by atoms with E-state index in [-0.39, 0.29) is 0 Å². The zero-order valence-corrected chi connectivity index (χ0v) is 13.4. The monoisotopic (exact) mass is 327 g/mol. The van der Waals surface area contributed by atoms with Crippen LogP contribution in [-0.2, 0) is 9.59 Å². The Bertz CT molecular complexity index is 700. The van der Waals surface area contributed by atoms with E-state index >= 15 is 0 Å². The Kier molecular flexibility index (Phi) is 4.64. The summed E-state index contributed by atoms with van der Waals surface area (Å²) in [5.74, 6) is -0.685. The van der Waals surface area contributed by atoms with Gasteiger partial charge in [0.15, 0.2) is 0 Å². The summed E-state index contributed by atoms with van der Waals surface area (Å²) in [5, 5.41) is 12.4.